The van der Waals surface area contributed by atoms with Crippen LogP contribution in [0.2, 0.25) is 0 Å². The summed E-state index contributed by atoms with van der Waals surface area (Å²) < 4.78 is 26.5. The van der Waals surface area contributed by atoms with Gasteiger partial charge in [-0.25, -0.2) is 8.42 Å². The van der Waals surface area contributed by atoms with E-state index in [9.17, 15) is 22.8 Å². The van der Waals surface area contributed by atoms with E-state index in [1.165, 1.54) is 21.1 Å². The summed E-state index contributed by atoms with van der Waals surface area (Å²) in [5.74, 6) is -2.30. The topological polar surface area (TPSA) is 191 Å². The highest BCUT2D eigenvalue weighted by Gasteiger charge is 2.29. The Morgan fingerprint density at radius 3 is 1.97 bits per heavy atom. The van der Waals surface area contributed by atoms with Crippen LogP contribution < -0.4 is 27.8 Å². The van der Waals surface area contributed by atoms with Crippen LogP contribution in [0.3, 0.4) is 0 Å². The number of nitrogens with one attached hydrogen (secondary N) is 2. The summed E-state index contributed by atoms with van der Waals surface area (Å²) in [6.07, 6.45) is -0.385. The third kappa shape index (κ3) is 12.0. The number of sulfonamides is 1. The number of hydrogen-bond donors (Lipinski definition) is 5. The monoisotopic (exact) mass is 460 g/mol. The number of benzene rings is 1. The molecule has 0 bridgehead atoms. The number of hydrogen-bond acceptors (Lipinski definition) is 7. The van der Waals surface area contributed by atoms with E-state index in [-0.39, 0.29) is 12.2 Å². The average Bonchev–Trinajstić information content (AvgIpc) is 2.73. The summed E-state index contributed by atoms with van der Waals surface area (Å²) in [6.45, 7) is 2.82. The summed E-state index contributed by atoms with van der Waals surface area (Å²) in [5.41, 5.74) is 14.7. The quantitative estimate of drug-likeness (QED) is 0.280. The van der Waals surface area contributed by atoms with Crippen molar-refractivity contribution in [1.29, 1.82) is 0 Å². The van der Waals surface area contributed by atoms with Crippen LogP contribution in [-0.2, 0) is 30.2 Å². The molecule has 1 aromatic carbocycles. The van der Waals surface area contributed by atoms with Crippen LogP contribution in [0.15, 0.2) is 30.3 Å². The Bertz CT molecular complexity index is 771. The molecule has 3 amide bonds. The van der Waals surface area contributed by atoms with Crippen LogP contribution in [0.25, 0.3) is 0 Å². The van der Waals surface area contributed by atoms with Gasteiger partial charge in [0.15, 0.2) is 0 Å². The van der Waals surface area contributed by atoms with E-state index in [0.717, 1.165) is 4.31 Å². The minimum Gasteiger partial charge on any atom is -0.370 e. The van der Waals surface area contributed by atoms with Gasteiger partial charge in [-0.2, -0.15) is 4.31 Å². The second-order valence-electron chi connectivity index (χ2n) is 6.29. The van der Waals surface area contributed by atoms with Gasteiger partial charge in [0.2, 0.25) is 27.7 Å². The Morgan fingerprint density at radius 2 is 1.55 bits per heavy atom. The number of carbonyl (C=O) groups is 3. The lowest BCUT2D eigenvalue weighted by Crippen LogP contribution is -2.52. The van der Waals surface area contributed by atoms with Crippen molar-refractivity contribution >= 4 is 27.7 Å². The van der Waals surface area contributed by atoms with E-state index in [1.807, 2.05) is 0 Å². The molecule has 0 aliphatic rings. The number of likely N-dealkylation sites (N-methyl/N-ethyl adjacent to an activating group) is 1. The summed E-state index contributed by atoms with van der Waals surface area (Å²) in [5, 5.41) is 4.68. The van der Waals surface area contributed by atoms with Crippen molar-refractivity contribution in [3.63, 3.8) is 0 Å². The number of carbonyl (C=O) groups excluding carboxylic acids is 3. The lowest BCUT2D eigenvalue weighted by molar-refractivity contribution is -0.131. The molecule has 0 radical (unpaired) electrons. The fourth-order valence-electron chi connectivity index (χ4n) is 2.44. The van der Waals surface area contributed by atoms with E-state index in [1.54, 1.807) is 44.2 Å². The molecule has 0 saturated heterocycles. The smallest absolute Gasteiger partial charge is 0.242 e. The predicted octanol–water partition coefficient (Wildman–Crippen LogP) is -1.52. The van der Waals surface area contributed by atoms with Gasteiger partial charge < -0.3 is 27.8 Å². The largest absolute Gasteiger partial charge is 0.370 e. The zero-order valence-electron chi connectivity index (χ0n) is 18.8. The first kappa shape index (κ1) is 30.7. The lowest BCUT2D eigenvalue weighted by Gasteiger charge is -2.26. The maximum absolute atomic E-state index is 12.7. The maximum Gasteiger partial charge on any atom is 0.242 e. The molecule has 0 saturated carbocycles. The van der Waals surface area contributed by atoms with Crippen LogP contribution in [-0.4, -0.2) is 70.2 Å². The van der Waals surface area contributed by atoms with Crippen LogP contribution >= 0.6 is 0 Å². The van der Waals surface area contributed by atoms with Gasteiger partial charge in [0, 0.05) is 13.1 Å². The van der Waals surface area contributed by atoms with Crippen LogP contribution in [0.4, 0.5) is 0 Å². The summed E-state index contributed by atoms with van der Waals surface area (Å²) in [6, 6.07) is 6.98. The second kappa shape index (κ2) is 16.2. The molecule has 8 N–H and O–H groups in total. The van der Waals surface area contributed by atoms with Gasteiger partial charge in [0.1, 0.15) is 6.04 Å². The predicted molar refractivity (Wildman–Crippen MR) is 121 cm³/mol. The fourth-order valence-corrected chi connectivity index (χ4v) is 4.17. The number of nitrogens with two attached hydrogens (primary N) is 3. The third-order valence-electron chi connectivity index (χ3n) is 3.73. The molecule has 0 heterocycles. The van der Waals surface area contributed by atoms with Crippen molar-refractivity contribution in [3.05, 3.63) is 35.9 Å². The standard InChI is InChI=1S/C17H26N4O5S.2CH5N/c1-12(2)21(27(25,26)11-13-7-5-4-6-8-13)10-16(23)20-14(9-15(18)22)17(24)19-3;2*1-2/h4-8,12,14H,9-11H2,1-3H3,(H2,18,22)(H,19,24)(H,20,23);2*2H2,1H3/t14-;;/m0../s1. The molecule has 0 fully saturated rings. The average molecular weight is 461 g/mol. The van der Waals surface area contributed by atoms with E-state index >= 15 is 0 Å². The minimum atomic E-state index is -3.77. The Balaban J connectivity index is 0. The summed E-state index contributed by atoms with van der Waals surface area (Å²) >= 11 is 0. The zero-order chi connectivity index (χ0) is 24.6. The first-order valence-electron chi connectivity index (χ1n) is 9.55. The van der Waals surface area contributed by atoms with Gasteiger partial charge in [-0.1, -0.05) is 30.3 Å². The Kier molecular flexibility index (Phi) is 16.0. The number of rotatable bonds is 10. The molecule has 0 aromatic heterocycles. The molecule has 12 heteroatoms. The van der Waals surface area contributed by atoms with Crippen LogP contribution in [0, 0.1) is 0 Å². The van der Waals surface area contributed by atoms with E-state index < -0.39 is 46.4 Å². The highest BCUT2D eigenvalue weighted by atomic mass is 32.2. The van der Waals surface area contributed by atoms with Gasteiger partial charge in [-0.05, 0) is 33.5 Å². The van der Waals surface area contributed by atoms with Crippen LogP contribution in [0.5, 0.6) is 0 Å². The first-order valence-corrected chi connectivity index (χ1v) is 11.2. The van der Waals surface area contributed by atoms with Crippen molar-refractivity contribution < 1.29 is 22.8 Å². The van der Waals surface area contributed by atoms with E-state index in [2.05, 4.69) is 22.1 Å². The number of nitrogens with zero attached hydrogens (tertiary/aromatic N) is 1. The molecule has 0 unspecified atom stereocenters. The molecule has 0 aliphatic carbocycles. The van der Waals surface area contributed by atoms with Crippen LogP contribution in [0.1, 0.15) is 25.8 Å². The van der Waals surface area contributed by atoms with Gasteiger partial charge in [-0.15, -0.1) is 0 Å². The normalized spacial score (nSPS) is 11.4. The van der Waals surface area contributed by atoms with Gasteiger partial charge in [0.25, 0.3) is 0 Å². The first-order chi connectivity index (χ1) is 14.6. The molecular weight excluding hydrogens is 424 g/mol. The Hall–Kier alpha value is -2.54. The van der Waals surface area contributed by atoms with Crippen molar-refractivity contribution in [2.24, 2.45) is 17.2 Å². The molecule has 0 spiro atoms. The fraction of sp³-hybridized carbons (Fsp3) is 0.526. The molecule has 31 heavy (non-hydrogen) atoms. The van der Waals surface area contributed by atoms with Gasteiger partial charge in [0.05, 0.1) is 18.7 Å². The minimum absolute atomic E-state index is 0.251. The summed E-state index contributed by atoms with van der Waals surface area (Å²) in [7, 11) is 0.580. The van der Waals surface area contributed by atoms with Crippen molar-refractivity contribution in [2.75, 3.05) is 27.7 Å². The molecule has 1 aromatic rings. The summed E-state index contributed by atoms with van der Waals surface area (Å²) in [4.78, 5) is 35.2. The molecule has 1 atom stereocenters. The third-order valence-corrected chi connectivity index (χ3v) is 5.69. The Morgan fingerprint density at radius 1 is 1.03 bits per heavy atom. The highest BCUT2D eigenvalue weighted by molar-refractivity contribution is 7.88. The molecular formula is C19H36N6O5S. The lowest BCUT2D eigenvalue weighted by atomic mass is 10.2. The molecule has 178 valence electrons. The van der Waals surface area contributed by atoms with Gasteiger partial charge >= 0.3 is 0 Å². The molecule has 11 nitrogen and oxygen atoms in total. The van der Waals surface area contributed by atoms with E-state index in [4.69, 9.17) is 5.73 Å². The molecule has 0 aliphatic heterocycles. The van der Waals surface area contributed by atoms with Crippen molar-refractivity contribution in [1.82, 2.24) is 14.9 Å². The van der Waals surface area contributed by atoms with Crippen molar-refractivity contribution in [3.8, 4) is 0 Å². The number of amides is 3. The zero-order valence-corrected chi connectivity index (χ0v) is 19.6. The van der Waals surface area contributed by atoms with Crippen molar-refractivity contribution in [2.45, 2.75) is 38.1 Å². The highest BCUT2D eigenvalue weighted by Crippen LogP contribution is 2.14. The van der Waals surface area contributed by atoms with E-state index in [0.29, 0.717) is 5.56 Å². The maximum atomic E-state index is 12.7. The second-order valence-corrected chi connectivity index (χ2v) is 8.21. The number of primary amides is 1. The van der Waals surface area contributed by atoms with Gasteiger partial charge in [-0.3, -0.25) is 14.4 Å². The Labute approximate surface area is 184 Å². The SMILES string of the molecule is CN.CN.CNC(=O)[C@H](CC(N)=O)NC(=O)CN(C(C)C)S(=O)(=O)Cc1ccccc1. The molecule has 1 rings (SSSR count).